The highest BCUT2D eigenvalue weighted by atomic mass is 16.7. The summed E-state index contributed by atoms with van der Waals surface area (Å²) in [4.78, 5) is 0. The lowest BCUT2D eigenvalue weighted by Crippen LogP contribution is -2.59. The van der Waals surface area contributed by atoms with Crippen LogP contribution in [0.5, 0.6) is 0 Å². The Morgan fingerprint density at radius 2 is 1.93 bits per heavy atom. The van der Waals surface area contributed by atoms with Crippen molar-refractivity contribution in [2.75, 3.05) is 27.9 Å². The summed E-state index contributed by atoms with van der Waals surface area (Å²) in [6.07, 6.45) is -5.42. The zero-order chi connectivity index (χ0) is 13.5. The van der Waals surface area contributed by atoms with Crippen molar-refractivity contribution in [2.45, 2.75) is 30.7 Å². The van der Waals surface area contributed by atoms with Gasteiger partial charge in [-0.1, -0.05) is 0 Å². The van der Waals surface area contributed by atoms with E-state index < -0.39 is 37.8 Å². The molecule has 0 amide bonds. The lowest BCUT2D eigenvalue weighted by molar-refractivity contribution is -0.295. The lowest BCUT2D eigenvalue weighted by Gasteiger charge is -2.41. The van der Waals surface area contributed by atoms with Crippen LogP contribution in [-0.2, 0) is 18.9 Å². The maximum atomic E-state index is 9.71. The number of aliphatic hydroxyl groups excluding tert-OH is 2. The van der Waals surface area contributed by atoms with E-state index in [0.29, 0.717) is 0 Å². The first-order valence-corrected chi connectivity index (χ1v) is 4.36. The lowest BCUT2D eigenvalue weighted by atomic mass is 9.99. The largest absolute Gasteiger partial charge is 0.385 e. The molecule has 1 saturated heterocycles. The molecule has 90 valence electrons. The second-order valence-corrected chi connectivity index (χ2v) is 3.19. The van der Waals surface area contributed by atoms with Crippen LogP contribution in [0.15, 0.2) is 0 Å². The zero-order valence-electron chi connectivity index (χ0n) is 11.2. The Hall–Kier alpha value is -0.240. The van der Waals surface area contributed by atoms with Gasteiger partial charge in [0.2, 0.25) is 0 Å². The molecule has 0 aromatic rings. The summed E-state index contributed by atoms with van der Waals surface area (Å²) in [5.41, 5.74) is 0. The van der Waals surface area contributed by atoms with Gasteiger partial charge in [0.15, 0.2) is 6.29 Å². The van der Waals surface area contributed by atoms with Crippen LogP contribution >= 0.6 is 0 Å². The molecule has 1 heterocycles. The third kappa shape index (κ3) is 2.66. The van der Waals surface area contributed by atoms with E-state index in [9.17, 15) is 10.2 Å². The molecule has 0 aromatic carbocycles. The molecule has 5 atom stereocenters. The molecule has 15 heavy (non-hydrogen) atoms. The molecule has 1 aliphatic rings. The molecule has 6 heteroatoms. The summed E-state index contributed by atoms with van der Waals surface area (Å²) in [6.45, 7) is -0.0319. The number of methoxy groups -OCH3 is 3. The number of ether oxygens (including phenoxy) is 4. The monoisotopic (exact) mass is 225 g/mol. The van der Waals surface area contributed by atoms with Crippen LogP contribution in [0.3, 0.4) is 0 Å². The number of hydrogen-bond acceptors (Lipinski definition) is 6. The van der Waals surface area contributed by atoms with E-state index in [2.05, 4.69) is 0 Å². The van der Waals surface area contributed by atoms with Crippen LogP contribution < -0.4 is 0 Å². The van der Waals surface area contributed by atoms with Crippen LogP contribution in [0.1, 0.15) is 4.11 Å². The van der Waals surface area contributed by atoms with E-state index in [0.717, 1.165) is 0 Å². The van der Waals surface area contributed by atoms with E-state index >= 15 is 0 Å². The normalized spacial score (nSPS) is 44.4. The van der Waals surface area contributed by atoms with Gasteiger partial charge in [0.25, 0.3) is 0 Å². The van der Waals surface area contributed by atoms with Gasteiger partial charge >= 0.3 is 0 Å². The predicted octanol–water partition coefficient (Wildman–Crippen LogP) is -1.26. The highest BCUT2D eigenvalue weighted by Gasteiger charge is 2.45. The average molecular weight is 225 g/mol. The molecule has 2 N–H and O–H groups in total. The van der Waals surface area contributed by atoms with E-state index in [1.165, 1.54) is 0 Å². The first kappa shape index (κ1) is 8.86. The molecule has 0 spiro atoms. The first-order valence-electron chi connectivity index (χ1n) is 6.48. The highest BCUT2D eigenvalue weighted by Crippen LogP contribution is 2.24. The summed E-state index contributed by atoms with van der Waals surface area (Å²) < 4.78 is 41.0. The Morgan fingerprint density at radius 3 is 2.60 bits per heavy atom. The molecular weight excluding hydrogens is 204 g/mol. The molecule has 0 aromatic heterocycles. The van der Waals surface area contributed by atoms with Gasteiger partial charge in [-0.25, -0.2) is 0 Å². The van der Waals surface area contributed by atoms with Crippen LogP contribution in [0.4, 0.5) is 0 Å². The zero-order valence-corrected chi connectivity index (χ0v) is 8.24. The number of hydrogen-bond donors (Lipinski definition) is 2. The molecule has 6 nitrogen and oxygen atoms in total. The molecule has 1 aliphatic heterocycles. The van der Waals surface area contributed by atoms with Crippen molar-refractivity contribution in [3.8, 4) is 0 Å². The second-order valence-electron chi connectivity index (χ2n) is 3.19. The van der Waals surface area contributed by atoms with Crippen molar-refractivity contribution in [1.82, 2.24) is 0 Å². The molecule has 0 bridgehead atoms. The maximum absolute atomic E-state index is 9.71. The number of aliphatic hydroxyl groups is 2. The predicted molar refractivity (Wildman–Crippen MR) is 50.4 cm³/mol. The number of rotatable bonds is 4. The van der Waals surface area contributed by atoms with Gasteiger partial charge in [-0.05, 0) is 0 Å². The van der Waals surface area contributed by atoms with Gasteiger partial charge in [-0.15, -0.1) is 0 Å². The smallest absolute Gasteiger partial charge is 0.184 e. The van der Waals surface area contributed by atoms with E-state index in [4.69, 9.17) is 23.1 Å². The summed E-state index contributed by atoms with van der Waals surface area (Å²) in [5.74, 6) is 0. The summed E-state index contributed by atoms with van der Waals surface area (Å²) >= 11 is 0. The molecule has 1 fully saturated rings. The van der Waals surface area contributed by atoms with Crippen LogP contribution in [-0.4, -0.2) is 68.8 Å². The van der Waals surface area contributed by atoms with Crippen molar-refractivity contribution in [3.63, 3.8) is 0 Å². The molecular formula is C9H18O6. The van der Waals surface area contributed by atoms with E-state index in [1.807, 2.05) is 0 Å². The van der Waals surface area contributed by atoms with Crippen molar-refractivity contribution in [2.24, 2.45) is 0 Å². The second kappa shape index (κ2) is 5.74. The van der Waals surface area contributed by atoms with E-state index in [-0.39, 0.29) is 20.8 Å². The third-order valence-corrected chi connectivity index (χ3v) is 2.30. The summed E-state index contributed by atoms with van der Waals surface area (Å²) in [7, 11) is -1.08. The fraction of sp³-hybridized carbons (Fsp3) is 1.00. The van der Waals surface area contributed by atoms with Crippen molar-refractivity contribution >= 4 is 0 Å². The van der Waals surface area contributed by atoms with Crippen LogP contribution in [0.25, 0.3) is 0 Å². The Kier molecular flexibility index (Phi) is 3.39. The van der Waals surface area contributed by atoms with Gasteiger partial charge in [-0.3, -0.25) is 0 Å². The Bertz CT molecular complexity index is 234. The molecule has 1 rings (SSSR count). The fourth-order valence-corrected chi connectivity index (χ4v) is 1.55. The van der Waals surface area contributed by atoms with Gasteiger partial charge in [0.05, 0.1) is 10.7 Å². The van der Waals surface area contributed by atoms with Crippen molar-refractivity contribution < 1.29 is 33.3 Å². The topological polar surface area (TPSA) is 77.4 Å². The SMILES string of the molecule is [2H]COC[C@H]1OC(O)[C@H](O)[C@@H](OC[2H])[C@@H]1OC[2H]. The maximum Gasteiger partial charge on any atom is 0.184 e. The quantitative estimate of drug-likeness (QED) is 0.622. The average Bonchev–Trinajstić information content (AvgIpc) is 2.36. The van der Waals surface area contributed by atoms with Gasteiger partial charge in [0.1, 0.15) is 24.4 Å². The minimum atomic E-state index is -1.48. The minimum absolute atomic E-state index is 0.0319. The minimum Gasteiger partial charge on any atom is -0.385 e. The summed E-state index contributed by atoms with van der Waals surface area (Å²) in [5, 5.41) is 19.2. The van der Waals surface area contributed by atoms with Crippen LogP contribution in [0.2, 0.25) is 0 Å². The van der Waals surface area contributed by atoms with Gasteiger partial charge in [-0.2, -0.15) is 0 Å². The van der Waals surface area contributed by atoms with Crippen molar-refractivity contribution in [1.29, 1.82) is 0 Å². The molecule has 1 unspecified atom stereocenters. The third-order valence-electron chi connectivity index (χ3n) is 2.30. The van der Waals surface area contributed by atoms with Gasteiger partial charge in [0, 0.05) is 21.3 Å². The van der Waals surface area contributed by atoms with Gasteiger partial charge < -0.3 is 29.2 Å². The molecule has 0 saturated carbocycles. The molecule has 0 radical (unpaired) electrons. The Labute approximate surface area is 92.9 Å². The summed E-state index contributed by atoms with van der Waals surface area (Å²) in [6, 6.07) is 0. The highest BCUT2D eigenvalue weighted by molar-refractivity contribution is 4.90. The molecule has 0 aliphatic carbocycles. The first-order chi connectivity index (χ1) is 8.65. The van der Waals surface area contributed by atoms with Crippen molar-refractivity contribution in [3.05, 3.63) is 0 Å². The van der Waals surface area contributed by atoms with Crippen LogP contribution in [0, 0.1) is 0 Å². The fourth-order valence-electron chi connectivity index (χ4n) is 1.55. The Balaban J connectivity index is 2.74. The van der Waals surface area contributed by atoms with E-state index in [1.54, 1.807) is 0 Å². The standard InChI is InChI=1S/C9H18O6/c1-12-4-5-7(13-2)8(14-3)6(10)9(11)15-5/h5-11H,4H2,1-3H3/t5-,6-,7-,8-,9?/m1/s1/i1D,2D,3D. The Morgan fingerprint density at radius 1 is 1.20 bits per heavy atom.